The number of benzene rings is 3. The Balaban J connectivity index is 2.14. The van der Waals surface area contributed by atoms with Gasteiger partial charge in [-0.3, -0.25) is 9.59 Å². The Morgan fingerprint density at radius 1 is 0.952 bits per heavy atom. The molecular formula is C35H41N3O4. The van der Waals surface area contributed by atoms with Gasteiger partial charge in [0.25, 0.3) is 5.91 Å². The Kier molecular flexibility index (Phi) is 10.9. The van der Waals surface area contributed by atoms with Gasteiger partial charge < -0.3 is 20.3 Å². The van der Waals surface area contributed by atoms with E-state index in [0.717, 1.165) is 11.1 Å². The van der Waals surface area contributed by atoms with Crippen molar-refractivity contribution < 1.29 is 19.1 Å². The summed E-state index contributed by atoms with van der Waals surface area (Å²) in [5.74, 6) is 1.85. The number of aryl methyl sites for hydroxylation is 1. The van der Waals surface area contributed by atoms with Crippen LogP contribution in [0, 0.1) is 19.3 Å². The minimum Gasteiger partial charge on any atom is -0.444 e. The number of terminal acetylenes is 1. The van der Waals surface area contributed by atoms with Crippen molar-refractivity contribution in [1.29, 1.82) is 0 Å². The van der Waals surface area contributed by atoms with E-state index in [0.29, 0.717) is 23.2 Å². The molecular weight excluding hydrogens is 526 g/mol. The van der Waals surface area contributed by atoms with E-state index in [1.54, 1.807) is 49.9 Å². The van der Waals surface area contributed by atoms with Crippen molar-refractivity contribution >= 4 is 23.6 Å². The highest BCUT2D eigenvalue weighted by molar-refractivity contribution is 6.00. The second-order valence-corrected chi connectivity index (χ2v) is 11.3. The number of anilines is 1. The smallest absolute Gasteiger partial charge is 0.408 e. The summed E-state index contributed by atoms with van der Waals surface area (Å²) >= 11 is 0. The molecule has 0 fully saturated rings. The number of rotatable bonds is 10. The molecule has 0 aliphatic carbocycles. The van der Waals surface area contributed by atoms with Gasteiger partial charge in [-0.05, 0) is 69.9 Å². The van der Waals surface area contributed by atoms with E-state index in [2.05, 4.69) is 16.6 Å². The molecule has 0 bridgehead atoms. The third kappa shape index (κ3) is 8.47. The molecule has 0 aliphatic rings. The van der Waals surface area contributed by atoms with Crippen molar-refractivity contribution in [2.24, 2.45) is 0 Å². The zero-order chi connectivity index (χ0) is 30.9. The average molecular weight is 568 g/mol. The van der Waals surface area contributed by atoms with Gasteiger partial charge in [-0.15, -0.1) is 6.42 Å². The molecule has 0 spiro atoms. The van der Waals surface area contributed by atoms with Crippen LogP contribution in [0.25, 0.3) is 0 Å². The molecule has 0 radical (unpaired) electrons. The van der Waals surface area contributed by atoms with E-state index in [1.807, 2.05) is 75.4 Å². The number of nitrogens with zero attached hydrogens (tertiary/aromatic N) is 1. The standard InChI is InChI=1S/C35H41N3O4/c1-8-25(4)38(33(40)30(23-26-18-11-10-12-19-26)37-34(41)42-35(5,6)7)31(28-21-15-14-20-27(28)9-2)32(39)36-29-22-16-13-17-24(29)3/h2,10-22,25,30-31H,8,23H2,1,3-7H3,(H,36,39)(H,37,41). The molecule has 0 saturated carbocycles. The van der Waals surface area contributed by atoms with Crippen LogP contribution in [0.5, 0.6) is 0 Å². The Morgan fingerprint density at radius 3 is 2.19 bits per heavy atom. The number of hydrogen-bond donors (Lipinski definition) is 2. The SMILES string of the molecule is C#Cc1ccccc1C(C(=O)Nc1ccccc1C)N(C(=O)C(Cc1ccccc1)NC(=O)OC(C)(C)C)C(C)CC. The third-order valence-electron chi connectivity index (χ3n) is 6.93. The summed E-state index contributed by atoms with van der Waals surface area (Å²) in [6, 6.07) is 21.5. The molecule has 3 aromatic rings. The van der Waals surface area contributed by atoms with E-state index in [1.165, 1.54) is 0 Å². The maximum Gasteiger partial charge on any atom is 0.408 e. The molecule has 220 valence electrons. The highest BCUT2D eigenvalue weighted by Crippen LogP contribution is 2.30. The third-order valence-corrected chi connectivity index (χ3v) is 6.93. The van der Waals surface area contributed by atoms with E-state index in [-0.39, 0.29) is 12.5 Å². The van der Waals surface area contributed by atoms with Gasteiger partial charge >= 0.3 is 6.09 Å². The van der Waals surface area contributed by atoms with E-state index in [4.69, 9.17) is 11.2 Å². The van der Waals surface area contributed by atoms with Crippen LogP contribution in [0.1, 0.15) is 69.3 Å². The fourth-order valence-electron chi connectivity index (χ4n) is 4.67. The van der Waals surface area contributed by atoms with Gasteiger partial charge in [0.2, 0.25) is 5.91 Å². The molecule has 0 aliphatic heterocycles. The second kappa shape index (κ2) is 14.4. The molecule has 7 heteroatoms. The summed E-state index contributed by atoms with van der Waals surface area (Å²) in [4.78, 5) is 43.3. The topological polar surface area (TPSA) is 87.7 Å². The minimum atomic E-state index is -1.07. The lowest BCUT2D eigenvalue weighted by molar-refractivity contribution is -0.143. The molecule has 3 amide bonds. The first kappa shape index (κ1) is 32.0. The molecule has 2 N–H and O–H groups in total. The van der Waals surface area contributed by atoms with Crippen molar-refractivity contribution in [2.75, 3.05) is 5.32 Å². The second-order valence-electron chi connectivity index (χ2n) is 11.3. The number of carbonyl (C=O) groups excluding carboxylic acids is 3. The largest absolute Gasteiger partial charge is 0.444 e. The first-order valence-electron chi connectivity index (χ1n) is 14.2. The van der Waals surface area contributed by atoms with Crippen LogP contribution in [-0.2, 0) is 20.7 Å². The van der Waals surface area contributed by atoms with Crippen LogP contribution in [0.15, 0.2) is 78.9 Å². The minimum absolute atomic E-state index is 0.203. The van der Waals surface area contributed by atoms with Gasteiger partial charge in [0, 0.05) is 23.7 Å². The quantitative estimate of drug-likeness (QED) is 0.277. The zero-order valence-electron chi connectivity index (χ0n) is 25.3. The Bertz CT molecular complexity index is 1420. The first-order chi connectivity index (χ1) is 19.9. The van der Waals surface area contributed by atoms with Crippen molar-refractivity contribution in [3.8, 4) is 12.3 Å². The molecule has 3 aromatic carbocycles. The van der Waals surface area contributed by atoms with Crippen LogP contribution in [-0.4, -0.2) is 40.5 Å². The van der Waals surface area contributed by atoms with Crippen LogP contribution in [0.2, 0.25) is 0 Å². The van der Waals surface area contributed by atoms with E-state index < -0.39 is 35.6 Å². The molecule has 3 rings (SSSR count). The average Bonchev–Trinajstić information content (AvgIpc) is 2.95. The number of nitrogens with one attached hydrogen (secondary N) is 2. The van der Waals surface area contributed by atoms with Gasteiger partial charge in [0.15, 0.2) is 0 Å². The van der Waals surface area contributed by atoms with E-state index >= 15 is 0 Å². The van der Waals surface area contributed by atoms with Gasteiger partial charge in [-0.2, -0.15) is 0 Å². The van der Waals surface area contributed by atoms with Crippen LogP contribution in [0.3, 0.4) is 0 Å². The molecule has 0 heterocycles. The van der Waals surface area contributed by atoms with Gasteiger partial charge in [-0.1, -0.05) is 79.6 Å². The highest BCUT2D eigenvalue weighted by atomic mass is 16.6. The summed E-state index contributed by atoms with van der Waals surface area (Å²) in [7, 11) is 0. The lowest BCUT2D eigenvalue weighted by Gasteiger charge is -2.38. The van der Waals surface area contributed by atoms with Gasteiger partial charge in [0.1, 0.15) is 17.7 Å². The number of hydrogen-bond acceptors (Lipinski definition) is 4. The van der Waals surface area contributed by atoms with Crippen molar-refractivity contribution in [3.63, 3.8) is 0 Å². The first-order valence-corrected chi connectivity index (χ1v) is 14.2. The monoisotopic (exact) mass is 567 g/mol. The fraction of sp³-hybridized carbons (Fsp3) is 0.343. The summed E-state index contributed by atoms with van der Waals surface area (Å²) in [5, 5.41) is 5.81. The van der Waals surface area contributed by atoms with E-state index in [9.17, 15) is 14.4 Å². The lowest BCUT2D eigenvalue weighted by Crippen LogP contribution is -2.55. The maximum atomic E-state index is 14.6. The van der Waals surface area contributed by atoms with Crippen LogP contribution >= 0.6 is 0 Å². The Morgan fingerprint density at radius 2 is 1.57 bits per heavy atom. The van der Waals surface area contributed by atoms with Gasteiger partial charge in [-0.25, -0.2) is 4.79 Å². The summed E-state index contributed by atoms with van der Waals surface area (Å²) in [6.45, 7) is 11.0. The number of amides is 3. The molecule has 3 unspecified atom stereocenters. The molecule has 3 atom stereocenters. The van der Waals surface area contributed by atoms with Crippen molar-refractivity contribution in [1.82, 2.24) is 10.2 Å². The maximum absolute atomic E-state index is 14.6. The predicted octanol–water partition coefficient (Wildman–Crippen LogP) is 6.42. The summed E-state index contributed by atoms with van der Waals surface area (Å²) in [6.07, 6.45) is 5.92. The van der Waals surface area contributed by atoms with Crippen molar-refractivity contribution in [3.05, 3.63) is 101 Å². The number of ether oxygens (including phenoxy) is 1. The Hall–Kier alpha value is -4.57. The molecule has 0 saturated heterocycles. The Labute approximate surface area is 249 Å². The zero-order valence-corrected chi connectivity index (χ0v) is 25.3. The van der Waals surface area contributed by atoms with Gasteiger partial charge in [0.05, 0.1) is 0 Å². The van der Waals surface area contributed by atoms with Crippen molar-refractivity contribution in [2.45, 2.75) is 78.1 Å². The summed E-state index contributed by atoms with van der Waals surface area (Å²) in [5.41, 5.74) is 2.63. The molecule has 0 aromatic heterocycles. The normalized spacial score (nSPS) is 13.2. The number of carbonyl (C=O) groups is 3. The summed E-state index contributed by atoms with van der Waals surface area (Å²) < 4.78 is 5.52. The number of alkyl carbamates (subject to hydrolysis) is 1. The molecule has 7 nitrogen and oxygen atoms in total. The fourth-order valence-corrected chi connectivity index (χ4v) is 4.67. The highest BCUT2D eigenvalue weighted by Gasteiger charge is 2.39. The van der Waals surface area contributed by atoms with Crippen LogP contribution < -0.4 is 10.6 Å². The van der Waals surface area contributed by atoms with Crippen LogP contribution in [0.4, 0.5) is 10.5 Å². The number of para-hydroxylation sites is 1. The predicted molar refractivity (Wildman–Crippen MR) is 167 cm³/mol. The lowest BCUT2D eigenvalue weighted by atomic mass is 9.94. The molecule has 42 heavy (non-hydrogen) atoms.